The number of fused-ring (bicyclic) bond motifs is 1. The molecular formula is C11H13NO2. The van der Waals surface area contributed by atoms with Crippen LogP contribution in [0.15, 0.2) is 18.2 Å². The van der Waals surface area contributed by atoms with Crippen molar-refractivity contribution < 1.29 is 9.84 Å². The average Bonchev–Trinajstić information content (AvgIpc) is 2.58. The Hall–Kier alpha value is -1.48. The van der Waals surface area contributed by atoms with E-state index in [-0.39, 0.29) is 6.61 Å². The second-order valence-electron chi connectivity index (χ2n) is 3.36. The van der Waals surface area contributed by atoms with Gasteiger partial charge in [0, 0.05) is 16.6 Å². The molecule has 2 N–H and O–H groups in total. The van der Waals surface area contributed by atoms with E-state index in [1.54, 1.807) is 7.11 Å². The van der Waals surface area contributed by atoms with Crippen LogP contribution in [-0.4, -0.2) is 17.2 Å². The van der Waals surface area contributed by atoms with Gasteiger partial charge in [0.15, 0.2) is 0 Å². The zero-order chi connectivity index (χ0) is 10.1. The number of H-pyrrole nitrogens is 1. The van der Waals surface area contributed by atoms with Gasteiger partial charge in [-0.2, -0.15) is 0 Å². The smallest absolute Gasteiger partial charge is 0.122 e. The van der Waals surface area contributed by atoms with E-state index in [0.717, 1.165) is 27.9 Å². The molecule has 0 spiro atoms. The number of nitrogens with one attached hydrogen (secondary N) is 1. The summed E-state index contributed by atoms with van der Waals surface area (Å²) in [7, 11) is 1.66. The lowest BCUT2D eigenvalue weighted by Gasteiger charge is -2.03. The highest BCUT2D eigenvalue weighted by Gasteiger charge is 2.04. The summed E-state index contributed by atoms with van der Waals surface area (Å²) in [5.41, 5.74) is 2.95. The summed E-state index contributed by atoms with van der Waals surface area (Å²) in [4.78, 5) is 3.13. The van der Waals surface area contributed by atoms with Crippen molar-refractivity contribution in [3.8, 4) is 5.75 Å². The van der Waals surface area contributed by atoms with E-state index in [1.165, 1.54) is 0 Å². The molecule has 0 saturated carbocycles. The van der Waals surface area contributed by atoms with Crippen molar-refractivity contribution in [2.75, 3.05) is 7.11 Å². The minimum absolute atomic E-state index is 0.0377. The van der Waals surface area contributed by atoms with Gasteiger partial charge in [0.1, 0.15) is 5.75 Å². The highest BCUT2D eigenvalue weighted by molar-refractivity contribution is 5.83. The Morgan fingerprint density at radius 2 is 2.14 bits per heavy atom. The fraction of sp³-hybridized carbons (Fsp3) is 0.273. The molecule has 0 aliphatic heterocycles. The number of hydrogen-bond acceptors (Lipinski definition) is 2. The fourth-order valence-electron chi connectivity index (χ4n) is 1.63. The number of aliphatic hydroxyl groups excluding tert-OH is 1. The van der Waals surface area contributed by atoms with Gasteiger partial charge in [-0.3, -0.25) is 0 Å². The van der Waals surface area contributed by atoms with Gasteiger partial charge < -0.3 is 14.8 Å². The predicted octanol–water partition coefficient (Wildman–Crippen LogP) is 1.98. The first-order valence-corrected chi connectivity index (χ1v) is 4.51. The van der Waals surface area contributed by atoms with Crippen molar-refractivity contribution >= 4 is 10.9 Å². The summed E-state index contributed by atoms with van der Waals surface area (Å²) in [6.45, 7) is 2.04. The number of aromatic amines is 1. The number of rotatable bonds is 2. The Morgan fingerprint density at radius 3 is 2.79 bits per heavy atom. The summed E-state index contributed by atoms with van der Waals surface area (Å²) >= 11 is 0. The van der Waals surface area contributed by atoms with E-state index in [0.29, 0.717) is 0 Å². The largest absolute Gasteiger partial charge is 0.496 e. The molecule has 2 aromatic rings. The standard InChI is InChI=1S/C11H13NO2/c1-7-3-10-8(5-11(7)14-2)4-9(6-13)12-10/h3-5,12-13H,6H2,1-2H3. The van der Waals surface area contributed by atoms with E-state index in [2.05, 4.69) is 4.98 Å². The van der Waals surface area contributed by atoms with Gasteiger partial charge in [-0.25, -0.2) is 0 Å². The number of aliphatic hydroxyl groups is 1. The number of aryl methyl sites for hydroxylation is 1. The lowest BCUT2D eigenvalue weighted by atomic mass is 10.1. The number of benzene rings is 1. The van der Waals surface area contributed by atoms with Crippen LogP contribution in [0, 0.1) is 6.92 Å². The maximum atomic E-state index is 8.97. The van der Waals surface area contributed by atoms with E-state index >= 15 is 0 Å². The number of methoxy groups -OCH3 is 1. The van der Waals surface area contributed by atoms with Crippen LogP contribution in [0.1, 0.15) is 11.3 Å². The normalized spacial score (nSPS) is 10.8. The van der Waals surface area contributed by atoms with Gasteiger partial charge in [0.25, 0.3) is 0 Å². The lowest BCUT2D eigenvalue weighted by molar-refractivity contribution is 0.278. The molecule has 1 aromatic heterocycles. The van der Waals surface area contributed by atoms with Crippen LogP contribution < -0.4 is 4.74 Å². The molecule has 0 unspecified atom stereocenters. The molecule has 0 fully saturated rings. The minimum atomic E-state index is 0.0377. The first kappa shape index (κ1) is 9.09. The molecular weight excluding hydrogens is 178 g/mol. The maximum absolute atomic E-state index is 8.97. The Labute approximate surface area is 82.3 Å². The Morgan fingerprint density at radius 1 is 1.36 bits per heavy atom. The average molecular weight is 191 g/mol. The van der Waals surface area contributed by atoms with E-state index in [9.17, 15) is 0 Å². The van der Waals surface area contributed by atoms with Crippen molar-refractivity contribution in [1.29, 1.82) is 0 Å². The zero-order valence-corrected chi connectivity index (χ0v) is 8.29. The SMILES string of the molecule is COc1cc2cc(CO)[nH]c2cc1C. The van der Waals surface area contributed by atoms with E-state index in [4.69, 9.17) is 9.84 Å². The molecule has 3 nitrogen and oxygen atoms in total. The van der Waals surface area contributed by atoms with Crippen LogP contribution in [-0.2, 0) is 6.61 Å². The van der Waals surface area contributed by atoms with Crippen LogP contribution in [0.3, 0.4) is 0 Å². The molecule has 0 saturated heterocycles. The maximum Gasteiger partial charge on any atom is 0.122 e. The summed E-state index contributed by atoms with van der Waals surface area (Å²) in [5.74, 6) is 0.876. The molecule has 1 aromatic carbocycles. The van der Waals surface area contributed by atoms with Gasteiger partial charge in [0.05, 0.1) is 13.7 Å². The second-order valence-corrected chi connectivity index (χ2v) is 3.36. The van der Waals surface area contributed by atoms with E-state index in [1.807, 2.05) is 25.1 Å². The van der Waals surface area contributed by atoms with Crippen molar-refractivity contribution in [1.82, 2.24) is 4.98 Å². The highest BCUT2D eigenvalue weighted by atomic mass is 16.5. The third-order valence-corrected chi connectivity index (χ3v) is 2.36. The Bertz CT molecular complexity index is 460. The molecule has 0 amide bonds. The molecule has 0 aliphatic carbocycles. The van der Waals surface area contributed by atoms with Crippen LogP contribution >= 0.6 is 0 Å². The lowest BCUT2D eigenvalue weighted by Crippen LogP contribution is -1.86. The summed E-state index contributed by atoms with van der Waals surface area (Å²) in [6, 6.07) is 5.92. The van der Waals surface area contributed by atoms with Crippen molar-refractivity contribution in [2.24, 2.45) is 0 Å². The van der Waals surface area contributed by atoms with Crippen LogP contribution in [0.5, 0.6) is 5.75 Å². The molecule has 0 radical (unpaired) electrons. The van der Waals surface area contributed by atoms with Crippen LogP contribution in [0.25, 0.3) is 10.9 Å². The van der Waals surface area contributed by atoms with Gasteiger partial charge in [-0.05, 0) is 30.7 Å². The predicted molar refractivity (Wildman–Crippen MR) is 55.5 cm³/mol. The topological polar surface area (TPSA) is 45.2 Å². The van der Waals surface area contributed by atoms with Crippen molar-refractivity contribution in [2.45, 2.75) is 13.5 Å². The first-order valence-electron chi connectivity index (χ1n) is 4.51. The third-order valence-electron chi connectivity index (χ3n) is 2.36. The van der Waals surface area contributed by atoms with Gasteiger partial charge >= 0.3 is 0 Å². The highest BCUT2D eigenvalue weighted by Crippen LogP contribution is 2.25. The number of hydrogen-bond donors (Lipinski definition) is 2. The van der Waals surface area contributed by atoms with E-state index < -0.39 is 0 Å². The number of aromatic nitrogens is 1. The quantitative estimate of drug-likeness (QED) is 0.762. The molecule has 74 valence electrons. The third kappa shape index (κ3) is 1.36. The minimum Gasteiger partial charge on any atom is -0.496 e. The second kappa shape index (κ2) is 3.35. The molecule has 14 heavy (non-hydrogen) atoms. The Balaban J connectivity index is 2.64. The summed E-state index contributed by atoms with van der Waals surface area (Å²) in [5, 5.41) is 10.0. The summed E-state index contributed by atoms with van der Waals surface area (Å²) in [6.07, 6.45) is 0. The zero-order valence-electron chi connectivity index (χ0n) is 8.29. The van der Waals surface area contributed by atoms with Gasteiger partial charge in [-0.1, -0.05) is 0 Å². The molecule has 0 atom stereocenters. The molecule has 2 rings (SSSR count). The molecule has 0 bridgehead atoms. The van der Waals surface area contributed by atoms with Crippen LogP contribution in [0.2, 0.25) is 0 Å². The van der Waals surface area contributed by atoms with Gasteiger partial charge in [0.2, 0.25) is 0 Å². The van der Waals surface area contributed by atoms with Crippen molar-refractivity contribution in [3.05, 3.63) is 29.5 Å². The first-order chi connectivity index (χ1) is 6.74. The van der Waals surface area contributed by atoms with Crippen molar-refractivity contribution in [3.63, 3.8) is 0 Å². The van der Waals surface area contributed by atoms with Crippen LogP contribution in [0.4, 0.5) is 0 Å². The molecule has 1 heterocycles. The molecule has 3 heteroatoms. The van der Waals surface area contributed by atoms with Gasteiger partial charge in [-0.15, -0.1) is 0 Å². The molecule has 0 aliphatic rings. The number of ether oxygens (including phenoxy) is 1. The Kier molecular flexibility index (Phi) is 2.17. The monoisotopic (exact) mass is 191 g/mol. The fourth-order valence-corrected chi connectivity index (χ4v) is 1.63. The summed E-state index contributed by atoms with van der Waals surface area (Å²) < 4.78 is 5.22.